The first-order valence-corrected chi connectivity index (χ1v) is 20.1. The van der Waals surface area contributed by atoms with Crippen molar-refractivity contribution in [1.29, 1.82) is 0 Å². The Morgan fingerprint density at radius 2 is 1.25 bits per heavy atom. The zero-order valence-corrected chi connectivity index (χ0v) is 31.6. The second-order valence-corrected chi connectivity index (χ2v) is 15.4. The molecule has 2 atom stereocenters. The molecule has 0 saturated carbocycles. The van der Waals surface area contributed by atoms with Crippen LogP contribution in [0.25, 0.3) is 61.2 Å². The molecule has 6 aromatic carbocycles. The monoisotopic (exact) mass is 736 g/mol. The molecule has 0 amide bonds. The highest BCUT2D eigenvalue weighted by atomic mass is 16.3. The number of amidine groups is 1. The van der Waals surface area contributed by atoms with Gasteiger partial charge in [-0.15, -0.1) is 0 Å². The maximum atomic E-state index is 6.79. The van der Waals surface area contributed by atoms with Gasteiger partial charge in [-0.1, -0.05) is 158 Å². The second kappa shape index (κ2) is 14.1. The van der Waals surface area contributed by atoms with E-state index in [4.69, 9.17) is 18.8 Å². The van der Waals surface area contributed by atoms with E-state index in [1.54, 1.807) is 0 Å². The molecule has 274 valence electrons. The van der Waals surface area contributed by atoms with Crippen LogP contribution in [-0.2, 0) is 6.42 Å². The van der Waals surface area contributed by atoms with Gasteiger partial charge in [0.25, 0.3) is 0 Å². The summed E-state index contributed by atoms with van der Waals surface area (Å²) in [5.74, 6) is 2.01. The summed E-state index contributed by atoms with van der Waals surface area (Å²) in [5, 5.41) is 3.44. The number of aryl methyl sites for hydroxylation is 1. The lowest BCUT2D eigenvalue weighted by Gasteiger charge is -2.21. The fraction of sp³-hybridized carbons (Fsp3) is 0.132. The molecule has 8 aromatic rings. The van der Waals surface area contributed by atoms with Gasteiger partial charge in [0.05, 0.1) is 6.04 Å². The number of nitrogens with zero attached hydrogens (tertiary/aromatic N) is 2. The van der Waals surface area contributed by atoms with Crippen molar-refractivity contribution in [3.63, 3.8) is 0 Å². The fourth-order valence-electron chi connectivity index (χ4n) is 9.16. The summed E-state index contributed by atoms with van der Waals surface area (Å²) in [6, 6.07) is 51.0. The Labute approximate surface area is 331 Å². The highest BCUT2D eigenvalue weighted by molar-refractivity contribution is 6.12. The molecule has 0 radical (unpaired) electrons. The number of benzene rings is 6. The van der Waals surface area contributed by atoms with Crippen LogP contribution in [0, 0.1) is 5.92 Å². The van der Waals surface area contributed by atoms with Crippen molar-refractivity contribution in [3.05, 3.63) is 197 Å². The SMILES string of the molecule is C1=CC(C2=NC(c3ccccc3)=NC(c3ccccc3-c3ccccc3)CC2)CC=C1C1=Cc2oc3c(-c4cccc5c4oc4ccccc45)cccc3c2CC1. The number of aliphatic imine (C=N–C) groups is 2. The Hall–Kier alpha value is -6.78. The molecule has 2 aliphatic carbocycles. The molecule has 4 heteroatoms. The molecule has 4 nitrogen and oxygen atoms in total. The topological polar surface area (TPSA) is 51.0 Å². The Morgan fingerprint density at radius 1 is 0.561 bits per heavy atom. The summed E-state index contributed by atoms with van der Waals surface area (Å²) in [7, 11) is 0. The van der Waals surface area contributed by atoms with E-state index >= 15 is 0 Å². The first-order valence-electron chi connectivity index (χ1n) is 20.1. The van der Waals surface area contributed by atoms with Gasteiger partial charge in [0.1, 0.15) is 22.5 Å². The van der Waals surface area contributed by atoms with Gasteiger partial charge in [0.15, 0.2) is 5.84 Å². The highest BCUT2D eigenvalue weighted by Crippen LogP contribution is 2.43. The van der Waals surface area contributed by atoms with Crippen LogP contribution in [0.2, 0.25) is 0 Å². The van der Waals surface area contributed by atoms with Crippen LogP contribution in [0.1, 0.15) is 54.2 Å². The lowest BCUT2D eigenvalue weighted by atomic mass is 9.84. The van der Waals surface area contributed by atoms with Gasteiger partial charge in [-0.2, -0.15) is 0 Å². The first kappa shape index (κ1) is 33.5. The number of furan rings is 2. The quantitative estimate of drug-likeness (QED) is 0.171. The van der Waals surface area contributed by atoms with Crippen LogP contribution in [-0.4, -0.2) is 11.5 Å². The molecule has 0 fully saturated rings. The van der Waals surface area contributed by atoms with Crippen molar-refractivity contribution >= 4 is 50.5 Å². The predicted molar refractivity (Wildman–Crippen MR) is 235 cm³/mol. The molecule has 3 heterocycles. The lowest BCUT2D eigenvalue weighted by Crippen LogP contribution is -2.16. The number of para-hydroxylation sites is 3. The zero-order valence-electron chi connectivity index (χ0n) is 31.6. The van der Waals surface area contributed by atoms with Crippen molar-refractivity contribution in [2.24, 2.45) is 15.9 Å². The van der Waals surface area contributed by atoms with Crippen molar-refractivity contribution in [1.82, 2.24) is 0 Å². The molecule has 2 unspecified atom stereocenters. The van der Waals surface area contributed by atoms with E-state index in [1.165, 1.54) is 44.5 Å². The maximum Gasteiger partial charge on any atom is 0.155 e. The average Bonchev–Trinajstić information content (AvgIpc) is 3.77. The minimum Gasteiger partial charge on any atom is -0.456 e. The van der Waals surface area contributed by atoms with E-state index in [0.717, 1.165) is 87.9 Å². The average molecular weight is 737 g/mol. The van der Waals surface area contributed by atoms with Crippen LogP contribution in [0.3, 0.4) is 0 Å². The first-order chi connectivity index (χ1) is 28.2. The Morgan fingerprint density at radius 3 is 2.05 bits per heavy atom. The zero-order chi connectivity index (χ0) is 37.7. The van der Waals surface area contributed by atoms with E-state index in [-0.39, 0.29) is 12.0 Å². The van der Waals surface area contributed by atoms with Gasteiger partial charge in [0, 0.05) is 50.0 Å². The van der Waals surface area contributed by atoms with Crippen molar-refractivity contribution in [2.45, 2.75) is 38.1 Å². The maximum absolute atomic E-state index is 6.79. The third kappa shape index (κ3) is 6.00. The normalized spacial score (nSPS) is 18.2. The Bertz CT molecular complexity index is 2990. The summed E-state index contributed by atoms with van der Waals surface area (Å²) >= 11 is 0. The molecule has 0 bridgehead atoms. The number of allylic oxidation sites excluding steroid dienone is 5. The van der Waals surface area contributed by atoms with E-state index in [2.05, 4.69) is 158 Å². The van der Waals surface area contributed by atoms with Crippen LogP contribution >= 0.6 is 0 Å². The highest BCUT2D eigenvalue weighted by Gasteiger charge is 2.27. The number of hydrogen-bond acceptors (Lipinski definition) is 4. The molecule has 1 aliphatic heterocycles. The summed E-state index contributed by atoms with van der Waals surface area (Å²) in [4.78, 5) is 10.7. The van der Waals surface area contributed by atoms with Crippen LogP contribution in [0.5, 0.6) is 0 Å². The molecular weight excluding hydrogens is 697 g/mol. The van der Waals surface area contributed by atoms with Gasteiger partial charge in [-0.05, 0) is 72.1 Å². The van der Waals surface area contributed by atoms with Gasteiger partial charge in [0.2, 0.25) is 0 Å². The molecule has 3 aliphatic rings. The largest absolute Gasteiger partial charge is 0.456 e. The van der Waals surface area contributed by atoms with E-state index < -0.39 is 0 Å². The van der Waals surface area contributed by atoms with Crippen molar-refractivity contribution in [2.75, 3.05) is 0 Å². The van der Waals surface area contributed by atoms with Crippen molar-refractivity contribution in [3.8, 4) is 22.3 Å². The third-order valence-corrected chi connectivity index (χ3v) is 12.0. The predicted octanol–water partition coefficient (Wildman–Crippen LogP) is 13.9. The fourth-order valence-corrected chi connectivity index (χ4v) is 9.16. The number of hydrogen-bond donors (Lipinski definition) is 0. The lowest BCUT2D eigenvalue weighted by molar-refractivity contribution is 0.594. The summed E-state index contributed by atoms with van der Waals surface area (Å²) in [6.45, 7) is 0. The van der Waals surface area contributed by atoms with E-state index in [0.29, 0.717) is 0 Å². The van der Waals surface area contributed by atoms with Crippen molar-refractivity contribution < 1.29 is 8.83 Å². The minimum atomic E-state index is 0.00841. The van der Waals surface area contributed by atoms with Crippen LogP contribution in [0.15, 0.2) is 194 Å². The molecule has 11 rings (SSSR count). The molecular formula is C53H40N2O2. The standard InChI is InChI=1S/C53H40N2O2/c1-3-13-35(14-4-1)39-17-7-8-18-40(39)48-32-31-47(54-53(55-48)37-15-5-2-6-16-37)36-27-25-34(26-28-36)38-29-30-42-44-21-12-23-46(52(44)57-50(42)33-38)45-22-11-20-43-41-19-9-10-24-49(41)56-51(43)45/h1-27,33,36,48H,28-32H2. The van der Waals surface area contributed by atoms with E-state index in [1.807, 2.05) is 12.1 Å². The molecule has 0 spiro atoms. The van der Waals surface area contributed by atoms with Crippen LogP contribution in [0.4, 0.5) is 0 Å². The summed E-state index contributed by atoms with van der Waals surface area (Å²) in [5.41, 5.74) is 14.7. The van der Waals surface area contributed by atoms with Gasteiger partial charge in [-0.25, -0.2) is 4.99 Å². The van der Waals surface area contributed by atoms with Crippen LogP contribution < -0.4 is 0 Å². The Kier molecular flexibility index (Phi) is 8.28. The van der Waals surface area contributed by atoms with E-state index in [9.17, 15) is 0 Å². The number of fused-ring (bicyclic) bond motifs is 6. The number of rotatable bonds is 6. The van der Waals surface area contributed by atoms with Gasteiger partial charge >= 0.3 is 0 Å². The minimum absolute atomic E-state index is 0.00841. The molecule has 57 heavy (non-hydrogen) atoms. The molecule has 0 saturated heterocycles. The smallest absolute Gasteiger partial charge is 0.155 e. The Balaban J connectivity index is 0.881. The summed E-state index contributed by atoms with van der Waals surface area (Å²) < 4.78 is 13.2. The van der Waals surface area contributed by atoms with Gasteiger partial charge in [-0.3, -0.25) is 4.99 Å². The summed E-state index contributed by atoms with van der Waals surface area (Å²) in [6.07, 6.45) is 14.0. The molecule has 2 aromatic heterocycles. The second-order valence-electron chi connectivity index (χ2n) is 15.4. The van der Waals surface area contributed by atoms with Gasteiger partial charge < -0.3 is 8.83 Å². The molecule has 0 N–H and O–H groups in total. The third-order valence-electron chi connectivity index (χ3n) is 12.0.